The molecule has 0 bridgehead atoms. The molecule has 0 saturated carbocycles. The van der Waals surface area contributed by atoms with Gasteiger partial charge in [-0.1, -0.05) is 0 Å². The van der Waals surface area contributed by atoms with Crippen LogP contribution in [0, 0.1) is 0 Å². The van der Waals surface area contributed by atoms with Crippen molar-refractivity contribution in [1.29, 1.82) is 0 Å². The van der Waals surface area contributed by atoms with Crippen LogP contribution in [-0.2, 0) is 9.53 Å². The van der Waals surface area contributed by atoms with Crippen molar-refractivity contribution in [2.45, 2.75) is 25.0 Å². The summed E-state index contributed by atoms with van der Waals surface area (Å²) in [5.74, 6) is -0.126. The molecule has 1 aliphatic rings. The van der Waals surface area contributed by atoms with Crippen LogP contribution < -0.4 is 11.1 Å². The average Bonchev–Trinajstić information content (AvgIpc) is 3.19. The molecule has 2 unspecified atom stereocenters. The number of aromatic nitrogens is 3. The first-order valence-corrected chi connectivity index (χ1v) is 6.87. The van der Waals surface area contributed by atoms with E-state index in [1.807, 2.05) is 24.3 Å². The molecule has 1 fully saturated rings. The third-order valence-electron chi connectivity index (χ3n) is 3.48. The number of nitrogens with zero attached hydrogens (tertiary/aromatic N) is 3. The minimum absolute atomic E-state index is 0.00422. The van der Waals surface area contributed by atoms with Crippen LogP contribution in [0.2, 0.25) is 0 Å². The Morgan fingerprint density at radius 1 is 1.38 bits per heavy atom. The van der Waals surface area contributed by atoms with Crippen molar-refractivity contribution in [3.8, 4) is 5.69 Å². The zero-order chi connectivity index (χ0) is 14.7. The van der Waals surface area contributed by atoms with Crippen LogP contribution in [0.4, 0.5) is 5.69 Å². The first kappa shape index (κ1) is 13.7. The van der Waals surface area contributed by atoms with Crippen molar-refractivity contribution in [2.24, 2.45) is 5.73 Å². The van der Waals surface area contributed by atoms with E-state index in [9.17, 15) is 4.79 Å². The molecule has 1 saturated heterocycles. The van der Waals surface area contributed by atoms with Gasteiger partial charge in [-0.3, -0.25) is 4.79 Å². The lowest BCUT2D eigenvalue weighted by molar-refractivity contribution is -0.126. The van der Waals surface area contributed by atoms with E-state index < -0.39 is 6.10 Å². The highest BCUT2D eigenvalue weighted by atomic mass is 16.5. The molecule has 1 amide bonds. The monoisotopic (exact) mass is 287 g/mol. The lowest BCUT2D eigenvalue weighted by Gasteiger charge is -2.13. The van der Waals surface area contributed by atoms with Crippen LogP contribution in [0.25, 0.3) is 5.69 Å². The molecule has 1 aromatic heterocycles. The second-order valence-corrected chi connectivity index (χ2v) is 4.94. The summed E-state index contributed by atoms with van der Waals surface area (Å²) in [4.78, 5) is 16.0. The summed E-state index contributed by atoms with van der Waals surface area (Å²) < 4.78 is 7.22. The number of nitrogens with two attached hydrogens (primary N) is 1. The van der Waals surface area contributed by atoms with Crippen molar-refractivity contribution >= 4 is 11.6 Å². The van der Waals surface area contributed by atoms with Crippen LogP contribution in [0.5, 0.6) is 0 Å². The van der Waals surface area contributed by atoms with E-state index >= 15 is 0 Å². The van der Waals surface area contributed by atoms with Crippen LogP contribution in [0.15, 0.2) is 36.9 Å². The van der Waals surface area contributed by atoms with Gasteiger partial charge in [0.05, 0.1) is 11.8 Å². The predicted molar refractivity (Wildman–Crippen MR) is 76.9 cm³/mol. The van der Waals surface area contributed by atoms with E-state index in [1.165, 1.54) is 6.33 Å². The van der Waals surface area contributed by atoms with E-state index in [0.717, 1.165) is 17.8 Å². The van der Waals surface area contributed by atoms with Gasteiger partial charge in [0.15, 0.2) is 0 Å². The van der Waals surface area contributed by atoms with Crippen molar-refractivity contribution in [2.75, 3.05) is 11.9 Å². The smallest absolute Gasteiger partial charge is 0.253 e. The third kappa shape index (κ3) is 3.09. The summed E-state index contributed by atoms with van der Waals surface area (Å²) in [6.07, 6.45) is 4.22. The van der Waals surface area contributed by atoms with E-state index in [0.29, 0.717) is 13.0 Å². The fourth-order valence-corrected chi connectivity index (χ4v) is 2.33. The number of hydrogen-bond acceptors (Lipinski definition) is 5. The molecule has 0 aliphatic carbocycles. The Morgan fingerprint density at radius 3 is 2.81 bits per heavy atom. The van der Waals surface area contributed by atoms with Gasteiger partial charge in [-0.15, -0.1) is 0 Å². The zero-order valence-corrected chi connectivity index (χ0v) is 11.5. The van der Waals surface area contributed by atoms with Gasteiger partial charge < -0.3 is 15.8 Å². The maximum absolute atomic E-state index is 12.1. The van der Waals surface area contributed by atoms with Gasteiger partial charge in [0.1, 0.15) is 18.8 Å². The number of ether oxygens (including phenoxy) is 1. The Kier molecular flexibility index (Phi) is 3.94. The Labute approximate surface area is 122 Å². The minimum Gasteiger partial charge on any atom is -0.364 e. The zero-order valence-electron chi connectivity index (χ0n) is 11.5. The standard InChI is InChI=1S/C14H17N5O2/c15-7-12-5-6-13(21-12)14(20)18-10-1-3-11(4-2-10)19-9-16-8-17-19/h1-4,8-9,12-13H,5-7,15H2,(H,18,20). The average molecular weight is 287 g/mol. The molecule has 0 spiro atoms. The lowest BCUT2D eigenvalue weighted by atomic mass is 10.2. The number of carbonyl (C=O) groups is 1. The normalized spacial score (nSPS) is 21.4. The van der Waals surface area contributed by atoms with Gasteiger partial charge in [-0.2, -0.15) is 5.10 Å². The van der Waals surface area contributed by atoms with Gasteiger partial charge in [0.2, 0.25) is 0 Å². The number of amides is 1. The fraction of sp³-hybridized carbons (Fsp3) is 0.357. The highest BCUT2D eigenvalue weighted by molar-refractivity contribution is 5.94. The quantitative estimate of drug-likeness (QED) is 0.863. The molecule has 3 rings (SSSR count). The second-order valence-electron chi connectivity index (χ2n) is 4.94. The lowest BCUT2D eigenvalue weighted by Crippen LogP contribution is -2.29. The first-order chi connectivity index (χ1) is 10.3. The van der Waals surface area contributed by atoms with Crippen LogP contribution in [0.3, 0.4) is 0 Å². The Bertz CT molecular complexity index is 596. The number of anilines is 1. The SMILES string of the molecule is NCC1CCC(C(=O)Nc2ccc(-n3cncn3)cc2)O1. The van der Waals surface area contributed by atoms with Gasteiger partial charge in [0, 0.05) is 12.2 Å². The molecule has 2 heterocycles. The topological polar surface area (TPSA) is 95.1 Å². The number of rotatable bonds is 4. The molecule has 7 heteroatoms. The van der Waals surface area contributed by atoms with Crippen LogP contribution in [0.1, 0.15) is 12.8 Å². The highest BCUT2D eigenvalue weighted by Crippen LogP contribution is 2.21. The van der Waals surface area contributed by atoms with Crippen molar-refractivity contribution in [1.82, 2.24) is 14.8 Å². The third-order valence-corrected chi connectivity index (χ3v) is 3.48. The molecular weight excluding hydrogens is 270 g/mol. The van der Waals surface area contributed by atoms with E-state index in [-0.39, 0.29) is 12.0 Å². The van der Waals surface area contributed by atoms with E-state index in [1.54, 1.807) is 11.0 Å². The maximum atomic E-state index is 12.1. The summed E-state index contributed by atoms with van der Waals surface area (Å²) in [6.45, 7) is 0.455. The summed E-state index contributed by atoms with van der Waals surface area (Å²) >= 11 is 0. The molecule has 2 aromatic rings. The maximum Gasteiger partial charge on any atom is 0.253 e. The van der Waals surface area contributed by atoms with E-state index in [2.05, 4.69) is 15.4 Å². The van der Waals surface area contributed by atoms with Crippen molar-refractivity contribution in [3.63, 3.8) is 0 Å². The molecule has 110 valence electrons. The molecule has 0 radical (unpaired) electrons. The van der Waals surface area contributed by atoms with Crippen molar-refractivity contribution < 1.29 is 9.53 Å². The van der Waals surface area contributed by atoms with Gasteiger partial charge in [-0.05, 0) is 37.1 Å². The molecule has 1 aliphatic heterocycles. The summed E-state index contributed by atoms with van der Waals surface area (Å²) in [7, 11) is 0. The Morgan fingerprint density at radius 2 is 2.19 bits per heavy atom. The summed E-state index contributed by atoms with van der Waals surface area (Å²) in [5, 5.41) is 6.90. The predicted octanol–water partition coefficient (Wildman–Crippen LogP) is 0.712. The number of benzene rings is 1. The number of nitrogens with one attached hydrogen (secondary N) is 1. The summed E-state index contributed by atoms with van der Waals surface area (Å²) in [6, 6.07) is 7.37. The number of hydrogen-bond donors (Lipinski definition) is 2. The molecule has 21 heavy (non-hydrogen) atoms. The molecular formula is C14H17N5O2. The second kappa shape index (κ2) is 6.02. The Balaban J connectivity index is 1.62. The minimum atomic E-state index is -0.409. The molecule has 7 nitrogen and oxygen atoms in total. The van der Waals surface area contributed by atoms with Crippen LogP contribution >= 0.6 is 0 Å². The summed E-state index contributed by atoms with van der Waals surface area (Å²) in [5.41, 5.74) is 7.15. The van der Waals surface area contributed by atoms with Crippen molar-refractivity contribution in [3.05, 3.63) is 36.9 Å². The molecule has 1 aromatic carbocycles. The van der Waals surface area contributed by atoms with Gasteiger partial charge in [0.25, 0.3) is 5.91 Å². The van der Waals surface area contributed by atoms with Gasteiger partial charge in [-0.25, -0.2) is 9.67 Å². The van der Waals surface area contributed by atoms with Crippen LogP contribution in [-0.4, -0.2) is 39.4 Å². The molecule has 2 atom stereocenters. The first-order valence-electron chi connectivity index (χ1n) is 6.87. The Hall–Kier alpha value is -2.25. The molecule has 3 N–H and O–H groups in total. The van der Waals surface area contributed by atoms with E-state index in [4.69, 9.17) is 10.5 Å². The fourth-order valence-electron chi connectivity index (χ4n) is 2.33. The highest BCUT2D eigenvalue weighted by Gasteiger charge is 2.29. The van der Waals surface area contributed by atoms with Gasteiger partial charge >= 0.3 is 0 Å². The largest absolute Gasteiger partial charge is 0.364 e. The number of carbonyl (C=O) groups excluding carboxylic acids is 1.